The predicted octanol–water partition coefficient (Wildman–Crippen LogP) is 8.19. The lowest BCUT2D eigenvalue weighted by molar-refractivity contribution is -0.870. The van der Waals surface area contributed by atoms with Gasteiger partial charge in [0, 0.05) is 12.8 Å². The zero-order valence-electron chi connectivity index (χ0n) is 29.6. The second-order valence-electron chi connectivity index (χ2n) is 13.5. The number of quaternary nitrogens is 1. The van der Waals surface area contributed by atoms with Crippen LogP contribution in [0.4, 0.5) is 0 Å². The number of carbonyl (C=O) groups is 2. The Hall–Kier alpha value is -1.03. The highest BCUT2D eigenvalue weighted by atomic mass is 31.2. The van der Waals surface area contributed by atoms with E-state index in [1.807, 2.05) is 21.1 Å². The molecule has 10 nitrogen and oxygen atoms in total. The maximum Gasteiger partial charge on any atom is 0.474 e. The summed E-state index contributed by atoms with van der Waals surface area (Å²) in [5.74, 6) is -0.938. The average molecular weight is 666 g/mol. The van der Waals surface area contributed by atoms with Crippen LogP contribution in [0.3, 0.4) is 0 Å². The van der Waals surface area contributed by atoms with Crippen molar-refractivity contribution < 1.29 is 42.1 Å². The summed E-state index contributed by atoms with van der Waals surface area (Å²) >= 11 is 0. The molecule has 0 aromatic carbocycles. The summed E-state index contributed by atoms with van der Waals surface area (Å²) in [5, 5.41) is 0. The van der Waals surface area contributed by atoms with Gasteiger partial charge in [-0.3, -0.25) is 18.6 Å². The molecule has 0 bridgehead atoms. The van der Waals surface area contributed by atoms with Crippen LogP contribution >= 0.6 is 7.82 Å². The second-order valence-corrected chi connectivity index (χ2v) is 14.9. The molecule has 0 saturated heterocycles. The molecule has 0 heterocycles. The molecule has 0 radical (unpaired) electrons. The zero-order valence-corrected chi connectivity index (χ0v) is 30.5. The van der Waals surface area contributed by atoms with E-state index in [-0.39, 0.29) is 26.1 Å². The Morgan fingerprint density at radius 1 is 0.689 bits per heavy atom. The van der Waals surface area contributed by atoms with Crippen LogP contribution in [0.1, 0.15) is 155 Å². The number of likely N-dealkylation sites (N-methyl/N-ethyl adjacent to an activating group) is 1. The number of unbranched alkanes of at least 4 members (excludes halogenated alkanes) is 18. The van der Waals surface area contributed by atoms with Gasteiger partial charge in [0.15, 0.2) is 12.3 Å². The van der Waals surface area contributed by atoms with Gasteiger partial charge in [0.2, 0.25) is 0 Å². The fraction of sp³-hybridized carbons (Fsp3) is 0.941. The minimum absolute atomic E-state index is 0.0268. The van der Waals surface area contributed by atoms with Crippen molar-refractivity contribution in [2.24, 2.45) is 5.73 Å². The molecule has 0 aliphatic rings. The third kappa shape index (κ3) is 30.1. The van der Waals surface area contributed by atoms with Crippen molar-refractivity contribution in [1.82, 2.24) is 0 Å². The van der Waals surface area contributed by atoms with Crippen LogP contribution in [0.2, 0.25) is 0 Å². The third-order valence-corrected chi connectivity index (χ3v) is 8.82. The number of hydrogen-bond donors (Lipinski definition) is 2. The van der Waals surface area contributed by atoms with E-state index in [1.54, 1.807) is 0 Å². The summed E-state index contributed by atoms with van der Waals surface area (Å²) in [6, 6.07) is 0. The Labute approximate surface area is 275 Å². The van der Waals surface area contributed by atoms with E-state index in [4.69, 9.17) is 24.3 Å². The number of phosphoric ester groups is 1. The summed E-state index contributed by atoms with van der Waals surface area (Å²) in [5.41, 5.74) is 6.05. The number of carbonyl (C=O) groups excluding carboxylic acids is 2. The number of nitrogens with two attached hydrogens (primary N) is 1. The van der Waals surface area contributed by atoms with Gasteiger partial charge < -0.3 is 24.6 Å². The van der Waals surface area contributed by atoms with E-state index >= 15 is 0 Å². The number of phosphoric acid groups is 1. The van der Waals surface area contributed by atoms with E-state index in [0.29, 0.717) is 23.9 Å². The van der Waals surface area contributed by atoms with Crippen LogP contribution in [0.25, 0.3) is 0 Å². The monoisotopic (exact) mass is 665 g/mol. The van der Waals surface area contributed by atoms with E-state index < -0.39 is 32.1 Å². The molecule has 0 rings (SSSR count). The van der Waals surface area contributed by atoms with Gasteiger partial charge >= 0.3 is 19.8 Å². The summed E-state index contributed by atoms with van der Waals surface area (Å²) in [6.45, 7) is 4.52. The number of nitrogens with zero attached hydrogens (tertiary/aromatic N) is 1. The molecule has 11 heteroatoms. The highest BCUT2D eigenvalue weighted by Crippen LogP contribution is 2.44. The standard InChI is InChI=1S/C34H69N2O8P/c1-6-8-10-12-14-16-17-19-20-22-24-26-32(37)41-30-31(34(35)44-45(39,40)42-29-28-36(3,4)5)43-33(38)27-25-23-21-18-15-13-11-9-7-2/h31,34H,6-30,35H2,1-5H3/p+1/t31-,34?/m1/s1. The molecule has 3 atom stereocenters. The SMILES string of the molecule is CCCCCCCCCCCCCC(=O)OC[C@@H](OC(=O)CCCCCCCCCCC)C(N)OP(=O)(O)OCC[N+](C)(C)C. The van der Waals surface area contributed by atoms with Crippen LogP contribution < -0.4 is 5.73 Å². The number of hydrogen-bond acceptors (Lipinski definition) is 8. The van der Waals surface area contributed by atoms with E-state index in [2.05, 4.69) is 13.8 Å². The van der Waals surface area contributed by atoms with Crippen LogP contribution in [0.5, 0.6) is 0 Å². The van der Waals surface area contributed by atoms with E-state index in [1.165, 1.54) is 83.5 Å². The molecule has 0 aliphatic heterocycles. The Kier molecular flexibility index (Phi) is 27.4. The first kappa shape index (κ1) is 44.0. The Bertz CT molecular complexity index is 778. The van der Waals surface area contributed by atoms with Gasteiger partial charge in [0.1, 0.15) is 19.8 Å². The fourth-order valence-corrected chi connectivity index (χ4v) is 5.68. The molecule has 0 aromatic heterocycles. The molecule has 0 spiro atoms. The van der Waals surface area contributed by atoms with E-state index in [0.717, 1.165) is 32.1 Å². The lowest BCUT2D eigenvalue weighted by atomic mass is 10.1. The normalized spacial score (nSPS) is 14.6. The van der Waals surface area contributed by atoms with Gasteiger partial charge in [-0.05, 0) is 12.8 Å². The van der Waals surface area contributed by atoms with Crippen molar-refractivity contribution in [3.05, 3.63) is 0 Å². The van der Waals surface area contributed by atoms with Gasteiger partial charge in [-0.25, -0.2) is 4.57 Å². The number of rotatable bonds is 32. The van der Waals surface area contributed by atoms with Crippen molar-refractivity contribution >= 4 is 19.8 Å². The van der Waals surface area contributed by atoms with Crippen molar-refractivity contribution in [1.29, 1.82) is 0 Å². The van der Waals surface area contributed by atoms with Gasteiger partial charge in [-0.1, -0.05) is 129 Å². The largest absolute Gasteiger partial charge is 0.474 e. The predicted molar refractivity (Wildman–Crippen MR) is 181 cm³/mol. The molecular formula is C34H70N2O8P+. The fourth-order valence-electron chi connectivity index (χ4n) is 4.87. The molecule has 2 unspecified atom stereocenters. The summed E-state index contributed by atoms with van der Waals surface area (Å²) in [7, 11) is 1.24. The first-order valence-electron chi connectivity index (χ1n) is 18.0. The van der Waals surface area contributed by atoms with Crippen molar-refractivity contribution in [3.8, 4) is 0 Å². The Morgan fingerprint density at radius 3 is 1.51 bits per heavy atom. The highest BCUT2D eigenvalue weighted by Gasteiger charge is 2.33. The van der Waals surface area contributed by atoms with Gasteiger partial charge in [0.25, 0.3) is 0 Å². The van der Waals surface area contributed by atoms with E-state index in [9.17, 15) is 19.0 Å². The highest BCUT2D eigenvalue weighted by molar-refractivity contribution is 7.47. The van der Waals surface area contributed by atoms with Crippen molar-refractivity contribution in [3.63, 3.8) is 0 Å². The second kappa shape index (κ2) is 28.0. The summed E-state index contributed by atoms with van der Waals surface area (Å²) < 4.78 is 34.1. The molecular weight excluding hydrogens is 595 g/mol. The summed E-state index contributed by atoms with van der Waals surface area (Å²) in [6.07, 6.45) is 20.7. The van der Waals surface area contributed by atoms with Crippen LogP contribution in [-0.2, 0) is 32.7 Å². The smallest absolute Gasteiger partial charge is 0.462 e. The molecule has 3 N–H and O–H groups in total. The minimum atomic E-state index is -4.53. The number of esters is 2. The van der Waals surface area contributed by atoms with Gasteiger partial charge in [-0.2, -0.15) is 0 Å². The molecule has 268 valence electrons. The molecule has 45 heavy (non-hydrogen) atoms. The summed E-state index contributed by atoms with van der Waals surface area (Å²) in [4.78, 5) is 35.2. The number of ether oxygens (including phenoxy) is 2. The maximum atomic E-state index is 12.6. The van der Waals surface area contributed by atoms with Crippen LogP contribution in [0, 0.1) is 0 Å². The first-order chi connectivity index (χ1) is 21.4. The van der Waals surface area contributed by atoms with Crippen molar-refractivity contribution in [2.45, 2.75) is 167 Å². The first-order valence-corrected chi connectivity index (χ1v) is 19.5. The minimum Gasteiger partial charge on any atom is -0.462 e. The Morgan fingerprint density at radius 2 is 1.09 bits per heavy atom. The maximum absolute atomic E-state index is 12.6. The zero-order chi connectivity index (χ0) is 33.8. The Balaban J connectivity index is 4.62. The quantitative estimate of drug-likeness (QED) is 0.0240. The van der Waals surface area contributed by atoms with Gasteiger partial charge in [0.05, 0.1) is 21.1 Å². The lowest BCUT2D eigenvalue weighted by Crippen LogP contribution is -2.43. The van der Waals surface area contributed by atoms with Crippen LogP contribution in [-0.4, -0.2) is 74.5 Å². The molecule has 0 aliphatic carbocycles. The topological polar surface area (TPSA) is 134 Å². The third-order valence-electron chi connectivity index (χ3n) is 7.80. The lowest BCUT2D eigenvalue weighted by Gasteiger charge is -2.26. The molecule has 0 aromatic rings. The molecule has 0 fully saturated rings. The average Bonchev–Trinajstić information content (AvgIpc) is 2.96. The van der Waals surface area contributed by atoms with Crippen LogP contribution in [0.15, 0.2) is 0 Å². The molecule has 0 saturated carbocycles. The molecule has 0 amide bonds. The van der Waals surface area contributed by atoms with Crippen molar-refractivity contribution in [2.75, 3.05) is 40.9 Å². The van der Waals surface area contributed by atoms with Gasteiger partial charge in [-0.15, -0.1) is 0 Å².